The van der Waals surface area contributed by atoms with Crippen LogP contribution in [0.15, 0.2) is 28.7 Å². The van der Waals surface area contributed by atoms with Crippen molar-refractivity contribution in [3.8, 4) is 0 Å². The molecule has 1 aliphatic rings. The summed E-state index contributed by atoms with van der Waals surface area (Å²) in [4.78, 5) is 23.3. The number of carbonyl (C=O) groups is 2. The monoisotopic (exact) mass is 326 g/mol. The van der Waals surface area contributed by atoms with E-state index < -0.39 is 0 Å². The summed E-state index contributed by atoms with van der Waals surface area (Å²) in [6, 6.07) is 6.95. The summed E-state index contributed by atoms with van der Waals surface area (Å²) in [5.74, 6) is -0.914. The third-order valence-electron chi connectivity index (χ3n) is 3.41. The topological polar surface area (TPSA) is 52.6 Å². The van der Waals surface area contributed by atoms with E-state index in [1.807, 2.05) is 0 Å². The number of ether oxygens (including phenoxy) is 2. The lowest BCUT2D eigenvalue weighted by atomic mass is 9.93. The molecule has 102 valence electrons. The van der Waals surface area contributed by atoms with Crippen molar-refractivity contribution < 1.29 is 19.1 Å². The molecule has 5 heteroatoms. The molecule has 1 fully saturated rings. The molecule has 0 bridgehead atoms. The predicted octanol–water partition coefficient (Wildman–Crippen LogP) is 2.80. The van der Waals surface area contributed by atoms with Gasteiger partial charge >= 0.3 is 11.9 Å². The molecule has 1 aromatic carbocycles. The SMILES string of the molecule is C[C@@H](OC(=O)c1ccc(Br)cc1)[C@H]1COC(=O)[C@@H]1C. The van der Waals surface area contributed by atoms with E-state index in [0.717, 1.165) is 4.47 Å². The molecule has 0 aromatic heterocycles. The number of carbonyl (C=O) groups excluding carboxylic acids is 2. The Labute approximate surface area is 120 Å². The van der Waals surface area contributed by atoms with Crippen LogP contribution in [0.2, 0.25) is 0 Å². The van der Waals surface area contributed by atoms with Crippen molar-refractivity contribution >= 4 is 27.9 Å². The van der Waals surface area contributed by atoms with E-state index in [9.17, 15) is 9.59 Å². The zero-order valence-corrected chi connectivity index (χ0v) is 12.3. The summed E-state index contributed by atoms with van der Waals surface area (Å²) in [5, 5.41) is 0. The van der Waals surface area contributed by atoms with E-state index in [4.69, 9.17) is 9.47 Å². The van der Waals surface area contributed by atoms with Gasteiger partial charge in [-0.2, -0.15) is 0 Å². The first-order chi connectivity index (χ1) is 8.99. The predicted molar refractivity (Wildman–Crippen MR) is 72.6 cm³/mol. The molecule has 0 unspecified atom stereocenters. The van der Waals surface area contributed by atoms with E-state index in [-0.39, 0.29) is 29.9 Å². The van der Waals surface area contributed by atoms with Gasteiger partial charge in [0.1, 0.15) is 6.10 Å². The third-order valence-corrected chi connectivity index (χ3v) is 3.94. The number of hydrogen-bond acceptors (Lipinski definition) is 4. The van der Waals surface area contributed by atoms with Crippen LogP contribution in [0.1, 0.15) is 24.2 Å². The Kier molecular flexibility index (Phi) is 4.24. The van der Waals surface area contributed by atoms with Gasteiger partial charge in [-0.3, -0.25) is 4.79 Å². The average Bonchev–Trinajstić information content (AvgIpc) is 2.70. The van der Waals surface area contributed by atoms with Crippen molar-refractivity contribution in [3.63, 3.8) is 0 Å². The Morgan fingerprint density at radius 2 is 2.05 bits per heavy atom. The number of hydrogen-bond donors (Lipinski definition) is 0. The van der Waals surface area contributed by atoms with Crippen molar-refractivity contribution in [1.29, 1.82) is 0 Å². The summed E-state index contributed by atoms with van der Waals surface area (Å²) in [5.41, 5.74) is 0.493. The van der Waals surface area contributed by atoms with Crippen molar-refractivity contribution in [3.05, 3.63) is 34.3 Å². The summed E-state index contributed by atoms with van der Waals surface area (Å²) >= 11 is 3.31. The molecule has 1 saturated heterocycles. The van der Waals surface area contributed by atoms with Crippen LogP contribution in [-0.4, -0.2) is 24.6 Å². The summed E-state index contributed by atoms with van der Waals surface area (Å²) in [6.45, 7) is 3.90. The fourth-order valence-corrected chi connectivity index (χ4v) is 2.35. The van der Waals surface area contributed by atoms with Crippen LogP contribution in [-0.2, 0) is 14.3 Å². The lowest BCUT2D eigenvalue weighted by Gasteiger charge is -2.20. The smallest absolute Gasteiger partial charge is 0.338 e. The highest BCUT2D eigenvalue weighted by Crippen LogP contribution is 2.27. The minimum Gasteiger partial charge on any atom is -0.465 e. The molecule has 1 aliphatic heterocycles. The Balaban J connectivity index is 1.99. The van der Waals surface area contributed by atoms with Crippen LogP contribution < -0.4 is 0 Å². The molecule has 2 rings (SSSR count). The van der Waals surface area contributed by atoms with Crippen LogP contribution in [0.3, 0.4) is 0 Å². The van der Waals surface area contributed by atoms with Crippen molar-refractivity contribution in [1.82, 2.24) is 0 Å². The van der Waals surface area contributed by atoms with Crippen LogP contribution in [0.25, 0.3) is 0 Å². The second kappa shape index (κ2) is 5.74. The van der Waals surface area contributed by atoms with Gasteiger partial charge in [-0.1, -0.05) is 22.9 Å². The third kappa shape index (κ3) is 3.15. The fraction of sp³-hybridized carbons (Fsp3) is 0.429. The number of esters is 2. The maximum atomic E-state index is 11.9. The molecule has 1 aromatic rings. The number of rotatable bonds is 3. The molecule has 0 amide bonds. The van der Waals surface area contributed by atoms with Crippen molar-refractivity contribution in [2.45, 2.75) is 20.0 Å². The lowest BCUT2D eigenvalue weighted by molar-refractivity contribution is -0.140. The number of benzene rings is 1. The largest absolute Gasteiger partial charge is 0.465 e. The molecule has 0 saturated carbocycles. The lowest BCUT2D eigenvalue weighted by Crippen LogP contribution is -2.29. The van der Waals surface area contributed by atoms with E-state index >= 15 is 0 Å². The molecular formula is C14H15BrO4. The van der Waals surface area contributed by atoms with Gasteiger partial charge in [0.25, 0.3) is 0 Å². The first-order valence-electron chi connectivity index (χ1n) is 6.12. The highest BCUT2D eigenvalue weighted by atomic mass is 79.9. The van der Waals surface area contributed by atoms with Gasteiger partial charge in [-0.05, 0) is 31.2 Å². The van der Waals surface area contributed by atoms with Gasteiger partial charge in [-0.25, -0.2) is 4.79 Å². The highest BCUT2D eigenvalue weighted by Gasteiger charge is 2.38. The Morgan fingerprint density at radius 3 is 2.58 bits per heavy atom. The molecule has 0 N–H and O–H groups in total. The van der Waals surface area contributed by atoms with Crippen molar-refractivity contribution in [2.75, 3.05) is 6.61 Å². The quantitative estimate of drug-likeness (QED) is 0.801. The van der Waals surface area contributed by atoms with Crippen LogP contribution in [0, 0.1) is 11.8 Å². The molecule has 0 radical (unpaired) electrons. The Hall–Kier alpha value is -1.36. The van der Waals surface area contributed by atoms with Crippen LogP contribution >= 0.6 is 15.9 Å². The number of halogens is 1. The number of cyclic esters (lactones) is 1. The van der Waals surface area contributed by atoms with E-state index in [2.05, 4.69) is 15.9 Å². The molecular weight excluding hydrogens is 312 g/mol. The maximum absolute atomic E-state index is 11.9. The van der Waals surface area contributed by atoms with E-state index in [1.54, 1.807) is 38.1 Å². The Morgan fingerprint density at radius 1 is 1.42 bits per heavy atom. The molecule has 4 nitrogen and oxygen atoms in total. The molecule has 3 atom stereocenters. The standard InChI is InChI=1S/C14H15BrO4/c1-8-12(7-18-13(8)16)9(2)19-14(17)10-3-5-11(15)6-4-10/h3-6,8-9,12H,7H2,1-2H3/t8-,9-,12+/m1/s1. The van der Waals surface area contributed by atoms with Crippen LogP contribution in [0.5, 0.6) is 0 Å². The first kappa shape index (κ1) is 14.1. The summed E-state index contributed by atoms with van der Waals surface area (Å²) in [7, 11) is 0. The Bertz CT molecular complexity index is 483. The maximum Gasteiger partial charge on any atom is 0.338 e. The van der Waals surface area contributed by atoms with Gasteiger partial charge in [0.05, 0.1) is 18.1 Å². The molecule has 1 heterocycles. The van der Waals surface area contributed by atoms with Crippen molar-refractivity contribution in [2.24, 2.45) is 11.8 Å². The molecule has 0 aliphatic carbocycles. The molecule has 19 heavy (non-hydrogen) atoms. The van der Waals surface area contributed by atoms with Gasteiger partial charge in [-0.15, -0.1) is 0 Å². The minimum atomic E-state index is -0.383. The molecule has 0 spiro atoms. The summed E-state index contributed by atoms with van der Waals surface area (Å²) in [6.07, 6.45) is -0.349. The second-order valence-corrected chi connectivity index (χ2v) is 5.62. The minimum absolute atomic E-state index is 0.0769. The normalized spacial score (nSPS) is 23.8. The van der Waals surface area contributed by atoms with Gasteiger partial charge in [0.15, 0.2) is 0 Å². The fourth-order valence-electron chi connectivity index (χ4n) is 2.08. The van der Waals surface area contributed by atoms with Crippen LogP contribution in [0.4, 0.5) is 0 Å². The second-order valence-electron chi connectivity index (χ2n) is 4.70. The van der Waals surface area contributed by atoms with Gasteiger partial charge < -0.3 is 9.47 Å². The zero-order valence-electron chi connectivity index (χ0n) is 10.8. The van der Waals surface area contributed by atoms with Gasteiger partial charge in [0.2, 0.25) is 0 Å². The first-order valence-corrected chi connectivity index (χ1v) is 6.91. The highest BCUT2D eigenvalue weighted by molar-refractivity contribution is 9.10. The van der Waals surface area contributed by atoms with E-state index in [1.165, 1.54) is 0 Å². The van der Waals surface area contributed by atoms with E-state index in [0.29, 0.717) is 12.2 Å². The van der Waals surface area contributed by atoms with Gasteiger partial charge in [0, 0.05) is 10.4 Å². The average molecular weight is 327 g/mol. The zero-order chi connectivity index (χ0) is 14.0. The summed E-state index contributed by atoms with van der Waals surface area (Å²) < 4.78 is 11.3.